The van der Waals surface area contributed by atoms with Crippen LogP contribution in [0.2, 0.25) is 0 Å². The van der Waals surface area contributed by atoms with E-state index in [2.05, 4.69) is 0 Å². The maximum atomic E-state index is 13.4. The molecule has 0 atom stereocenters. The van der Waals surface area contributed by atoms with Crippen molar-refractivity contribution in [1.29, 1.82) is 0 Å². The smallest absolute Gasteiger partial charge is 0.128 e. The van der Waals surface area contributed by atoms with Gasteiger partial charge in [0.25, 0.3) is 0 Å². The van der Waals surface area contributed by atoms with Crippen molar-refractivity contribution < 1.29 is 11.9 Å². The number of hydrogen-bond acceptors (Lipinski definition) is 2. The second kappa shape index (κ2) is 2.75. The third-order valence-corrected chi connectivity index (χ3v) is 1.97. The highest BCUT2D eigenvalue weighted by Crippen LogP contribution is 2.29. The summed E-state index contributed by atoms with van der Waals surface area (Å²) in [4.78, 5) is 0. The second-order valence-electron chi connectivity index (χ2n) is 2.64. The minimum absolute atomic E-state index is 0.0764. The number of rotatable bonds is 1. The highest BCUT2D eigenvalue weighted by atomic mass is 19.1. The van der Waals surface area contributed by atoms with Gasteiger partial charge in [-0.2, -0.15) is 0 Å². The molecule has 0 saturated carbocycles. The molecule has 64 valence electrons. The summed E-state index contributed by atoms with van der Waals surface area (Å²) in [7, 11) is 0. The fourth-order valence-electron chi connectivity index (χ4n) is 1.40. The molecular weight excluding hydrogens is 157 g/mol. The van der Waals surface area contributed by atoms with E-state index in [1.54, 1.807) is 0 Å². The van der Waals surface area contributed by atoms with E-state index >= 15 is 0 Å². The predicted molar refractivity (Wildman–Crippen MR) is 43.5 cm³/mol. The van der Waals surface area contributed by atoms with Crippen LogP contribution >= 0.6 is 0 Å². The van der Waals surface area contributed by atoms with Gasteiger partial charge in [0.1, 0.15) is 11.6 Å². The predicted octanol–water partition coefficient (Wildman–Crippen LogP) is 1.22. The number of fused-ring (bicyclic) bond motifs is 1. The third-order valence-electron chi connectivity index (χ3n) is 1.97. The minimum atomic E-state index is -2.15. The first-order valence-electron chi connectivity index (χ1n) is 4.73. The van der Waals surface area contributed by atoms with Crippen molar-refractivity contribution in [3.8, 4) is 5.75 Å². The van der Waals surface area contributed by atoms with Gasteiger partial charge in [0.15, 0.2) is 0 Å². The Morgan fingerprint density at radius 2 is 2.50 bits per heavy atom. The van der Waals surface area contributed by atoms with Gasteiger partial charge < -0.3 is 10.5 Å². The lowest BCUT2D eigenvalue weighted by molar-refractivity contribution is 0.356. The number of halogens is 1. The Hall–Kier alpha value is -1.09. The molecule has 0 aromatic heterocycles. The molecule has 1 heterocycles. The number of ether oxygens (including phenoxy) is 1. The van der Waals surface area contributed by atoms with Crippen LogP contribution in [0.15, 0.2) is 12.1 Å². The summed E-state index contributed by atoms with van der Waals surface area (Å²) in [5.74, 6) is -0.0718. The topological polar surface area (TPSA) is 35.2 Å². The van der Waals surface area contributed by atoms with Crippen molar-refractivity contribution in [1.82, 2.24) is 0 Å². The van der Waals surface area contributed by atoms with Gasteiger partial charge in [0, 0.05) is 26.8 Å². The summed E-state index contributed by atoms with van der Waals surface area (Å²) >= 11 is 0. The van der Waals surface area contributed by atoms with Gasteiger partial charge in [-0.3, -0.25) is 0 Å². The Kier molecular flexibility index (Phi) is 1.27. The van der Waals surface area contributed by atoms with E-state index in [4.69, 9.17) is 13.2 Å². The van der Waals surface area contributed by atoms with Gasteiger partial charge in [0.2, 0.25) is 0 Å². The lowest BCUT2D eigenvalue weighted by Crippen LogP contribution is -2.03. The molecule has 1 aromatic carbocycles. The molecule has 0 fully saturated rings. The molecule has 1 aliphatic heterocycles. The van der Waals surface area contributed by atoms with Crippen LogP contribution in [0.3, 0.4) is 0 Å². The Labute approximate surface area is 72.9 Å². The minimum Gasteiger partial charge on any atom is -0.493 e. The van der Waals surface area contributed by atoms with E-state index in [1.807, 2.05) is 0 Å². The van der Waals surface area contributed by atoms with E-state index in [9.17, 15) is 4.39 Å². The lowest BCUT2D eigenvalue weighted by Gasteiger charge is -2.04. The summed E-state index contributed by atoms with van der Waals surface area (Å²) in [6.45, 7) is -1.69. The Morgan fingerprint density at radius 3 is 3.25 bits per heavy atom. The zero-order valence-corrected chi connectivity index (χ0v) is 6.43. The first-order chi connectivity index (χ1) is 6.50. The fourth-order valence-corrected chi connectivity index (χ4v) is 1.40. The van der Waals surface area contributed by atoms with E-state index < -0.39 is 12.3 Å². The summed E-state index contributed by atoms with van der Waals surface area (Å²) in [5, 5.41) is 0. The van der Waals surface area contributed by atoms with E-state index in [-0.39, 0.29) is 5.56 Å². The van der Waals surface area contributed by atoms with Crippen LogP contribution in [0, 0.1) is 5.82 Å². The van der Waals surface area contributed by atoms with Crippen molar-refractivity contribution in [3.05, 3.63) is 29.1 Å². The maximum absolute atomic E-state index is 13.4. The first kappa shape index (κ1) is 5.54. The second-order valence-corrected chi connectivity index (χ2v) is 2.64. The van der Waals surface area contributed by atoms with Gasteiger partial charge in [-0.15, -0.1) is 0 Å². The molecule has 3 heteroatoms. The molecule has 12 heavy (non-hydrogen) atoms. The summed E-state index contributed by atoms with van der Waals surface area (Å²) in [6, 6.07) is 2.69. The van der Waals surface area contributed by atoms with Gasteiger partial charge in [0.05, 0.1) is 6.61 Å². The molecule has 0 spiro atoms. The van der Waals surface area contributed by atoms with Crippen molar-refractivity contribution in [2.24, 2.45) is 5.73 Å². The maximum Gasteiger partial charge on any atom is 0.128 e. The van der Waals surface area contributed by atoms with Crippen molar-refractivity contribution in [2.45, 2.75) is 12.9 Å². The van der Waals surface area contributed by atoms with Crippen LogP contribution in [-0.4, -0.2) is 6.61 Å². The molecule has 2 rings (SSSR count). The number of nitrogens with two attached hydrogens (primary N) is 1. The standard InChI is InChI=1S/C9H10FNO/c10-8-1-2-9-6(3-4-12-9)7(8)5-11/h1-2H,3-5,11H2/i5D2. The average Bonchev–Trinajstić information content (AvgIpc) is 2.48. The van der Waals surface area contributed by atoms with E-state index in [0.717, 1.165) is 0 Å². The van der Waals surface area contributed by atoms with Crippen LogP contribution < -0.4 is 10.5 Å². The molecule has 0 bridgehead atoms. The quantitative estimate of drug-likeness (QED) is 0.686. The largest absolute Gasteiger partial charge is 0.493 e. The highest BCUT2D eigenvalue weighted by Gasteiger charge is 2.17. The SMILES string of the molecule is [2H]C([2H])(N)c1c(F)ccc2c1CCO2. The molecule has 0 radical (unpaired) electrons. The fraction of sp³-hybridized carbons (Fsp3) is 0.333. The van der Waals surface area contributed by atoms with Crippen LogP contribution in [0.5, 0.6) is 5.75 Å². The van der Waals surface area contributed by atoms with E-state index in [1.165, 1.54) is 12.1 Å². The molecule has 0 aliphatic carbocycles. The summed E-state index contributed by atoms with van der Waals surface area (Å²) < 4.78 is 33.2. The highest BCUT2D eigenvalue weighted by molar-refractivity contribution is 5.43. The van der Waals surface area contributed by atoms with Crippen LogP contribution in [0.1, 0.15) is 13.9 Å². The Bertz CT molecular complexity index is 376. The summed E-state index contributed by atoms with van der Waals surface area (Å²) in [6.07, 6.45) is 0.513. The molecule has 1 aliphatic rings. The van der Waals surface area contributed by atoms with Crippen molar-refractivity contribution in [2.75, 3.05) is 6.61 Å². The first-order valence-corrected chi connectivity index (χ1v) is 3.73. The van der Waals surface area contributed by atoms with Crippen LogP contribution in [0.4, 0.5) is 4.39 Å². The van der Waals surface area contributed by atoms with Crippen molar-refractivity contribution in [3.63, 3.8) is 0 Å². The van der Waals surface area contributed by atoms with Crippen LogP contribution in [0.25, 0.3) is 0 Å². The molecule has 0 amide bonds. The molecule has 0 unspecified atom stereocenters. The molecule has 2 N–H and O–H groups in total. The molecule has 1 aromatic rings. The number of hydrogen-bond donors (Lipinski definition) is 1. The molecule has 0 saturated heterocycles. The Morgan fingerprint density at radius 1 is 1.67 bits per heavy atom. The van der Waals surface area contributed by atoms with Gasteiger partial charge in [-0.05, 0) is 12.1 Å². The van der Waals surface area contributed by atoms with Crippen LogP contribution in [-0.2, 0) is 12.9 Å². The lowest BCUT2D eigenvalue weighted by atomic mass is 10.0. The third kappa shape index (κ3) is 0.975. The average molecular weight is 169 g/mol. The number of benzene rings is 1. The normalized spacial score (nSPS) is 17.8. The van der Waals surface area contributed by atoms with Gasteiger partial charge in [-0.1, -0.05) is 0 Å². The zero-order valence-electron chi connectivity index (χ0n) is 8.43. The monoisotopic (exact) mass is 169 g/mol. The Balaban J connectivity index is 2.63. The molecule has 2 nitrogen and oxygen atoms in total. The summed E-state index contributed by atoms with van der Waals surface area (Å²) in [5.41, 5.74) is 5.75. The van der Waals surface area contributed by atoms with E-state index in [0.29, 0.717) is 24.3 Å². The molecular formula is C9H10FNO. The van der Waals surface area contributed by atoms with Gasteiger partial charge >= 0.3 is 0 Å². The van der Waals surface area contributed by atoms with Gasteiger partial charge in [-0.25, -0.2) is 4.39 Å². The zero-order chi connectivity index (χ0) is 10.3. The van der Waals surface area contributed by atoms with Crippen molar-refractivity contribution >= 4 is 0 Å².